The number of esters is 1. The van der Waals surface area contributed by atoms with Gasteiger partial charge in [0.05, 0.1) is 24.7 Å². The first-order valence-corrected chi connectivity index (χ1v) is 12.3. The van der Waals surface area contributed by atoms with Crippen LogP contribution >= 0.6 is 40.5 Å². The Balaban J connectivity index is 0.00000177. The summed E-state index contributed by atoms with van der Waals surface area (Å²) in [4.78, 5) is 33.8. The minimum atomic E-state index is -0.715. The van der Waals surface area contributed by atoms with Gasteiger partial charge in [0.15, 0.2) is 5.78 Å². The number of rotatable bonds is 3. The number of carbonyl (C=O) groups excluding carboxylic acids is 2. The van der Waals surface area contributed by atoms with Crippen molar-refractivity contribution in [3.8, 4) is 0 Å². The molecule has 0 aromatic carbocycles. The first kappa shape index (κ1) is 38.0. The van der Waals surface area contributed by atoms with Crippen LogP contribution < -0.4 is 51.4 Å². The minimum Gasteiger partial charge on any atom is -0.483 e. The smallest absolute Gasteiger partial charge is 0.483 e. The van der Waals surface area contributed by atoms with Gasteiger partial charge in [-0.25, -0.2) is 0 Å². The van der Waals surface area contributed by atoms with E-state index in [9.17, 15) is 14.7 Å². The van der Waals surface area contributed by atoms with Crippen molar-refractivity contribution in [2.24, 2.45) is 28.1 Å². The Morgan fingerprint density at radius 1 is 1.22 bits per heavy atom. The van der Waals surface area contributed by atoms with Crippen LogP contribution in [0.4, 0.5) is 0 Å². The Hall–Kier alpha value is 0.956. The van der Waals surface area contributed by atoms with Crippen LogP contribution in [0.3, 0.4) is 0 Å². The standard InChI is InChI=1S/C25H36O5.CH2O2.K.3H2S/c1-6-9-24(28)11-8-18-22(24,3)14-19-25(30-19)21(2)10-7-16(26)12-15(21)13-17(20(27)29-5)23(18,25)4;2-1-3;;;;/h12,17-19,28H,6-11,13-14H2,1-5H3;1H,(H,2,3);;3*1H2/q;;+1;;;/t17-,18+,19+,21-,22-,23-,24-,25-;;;;;/m0...../s1. The average molecular weight is 604 g/mol. The van der Waals surface area contributed by atoms with Gasteiger partial charge in [-0.05, 0) is 50.5 Å². The molecule has 0 radical (unpaired) electrons. The second-order valence-electron chi connectivity index (χ2n) is 11.5. The number of carboxylic acid groups (broad SMARTS) is 1. The molecule has 1 heterocycles. The summed E-state index contributed by atoms with van der Waals surface area (Å²) in [5, 5.41) is 18.7. The molecule has 8 atom stereocenters. The summed E-state index contributed by atoms with van der Waals surface area (Å²) in [5.41, 5.74) is -1.05. The van der Waals surface area contributed by atoms with E-state index in [-0.39, 0.29) is 139 Å². The molecule has 4 fully saturated rings. The number of hydrogen-bond donors (Lipinski definition) is 2. The topological polar surface area (TPSA) is 113 Å². The fourth-order valence-corrected chi connectivity index (χ4v) is 9.07. The minimum absolute atomic E-state index is 0. The summed E-state index contributed by atoms with van der Waals surface area (Å²) >= 11 is 0. The van der Waals surface area contributed by atoms with Gasteiger partial charge >= 0.3 is 57.4 Å². The van der Waals surface area contributed by atoms with Gasteiger partial charge in [0.2, 0.25) is 0 Å². The van der Waals surface area contributed by atoms with Crippen molar-refractivity contribution < 1.29 is 85.5 Å². The van der Waals surface area contributed by atoms with Crippen molar-refractivity contribution in [3.63, 3.8) is 0 Å². The largest absolute Gasteiger partial charge is 1.00 e. The van der Waals surface area contributed by atoms with E-state index >= 15 is 0 Å². The predicted molar refractivity (Wildman–Crippen MR) is 151 cm³/mol. The molecule has 208 valence electrons. The van der Waals surface area contributed by atoms with E-state index in [0.29, 0.717) is 12.8 Å². The molecule has 37 heavy (non-hydrogen) atoms. The molecule has 4 aliphatic carbocycles. The van der Waals surface area contributed by atoms with E-state index in [4.69, 9.17) is 19.4 Å². The summed E-state index contributed by atoms with van der Waals surface area (Å²) in [6.07, 6.45) is 7.93. The number of ketones is 1. The number of aliphatic hydroxyl groups is 1. The third-order valence-corrected chi connectivity index (χ3v) is 10.6. The number of carbonyl (C=O) groups is 3. The van der Waals surface area contributed by atoms with Crippen molar-refractivity contribution in [3.05, 3.63) is 11.6 Å². The second-order valence-corrected chi connectivity index (χ2v) is 11.5. The van der Waals surface area contributed by atoms with Crippen LogP contribution in [0, 0.1) is 28.1 Å². The summed E-state index contributed by atoms with van der Waals surface area (Å²) in [6.45, 7) is 8.62. The second kappa shape index (κ2) is 12.9. The third kappa shape index (κ3) is 4.90. The number of epoxide rings is 1. The molecule has 5 rings (SSSR count). The van der Waals surface area contributed by atoms with Crippen LogP contribution in [0.2, 0.25) is 0 Å². The van der Waals surface area contributed by atoms with Crippen LogP contribution in [0.5, 0.6) is 0 Å². The van der Waals surface area contributed by atoms with E-state index in [1.165, 1.54) is 7.11 Å². The van der Waals surface area contributed by atoms with Gasteiger partial charge in [0.25, 0.3) is 6.47 Å². The fraction of sp³-hybridized carbons (Fsp3) is 0.808. The Morgan fingerprint density at radius 3 is 2.35 bits per heavy atom. The molecular weight excluding hydrogens is 560 g/mol. The quantitative estimate of drug-likeness (QED) is 0.214. The molecule has 0 aromatic heterocycles. The average Bonchev–Trinajstić information content (AvgIpc) is 3.43. The fourth-order valence-electron chi connectivity index (χ4n) is 9.07. The molecule has 0 amide bonds. The molecule has 2 N–H and O–H groups in total. The SMILES string of the molecule is CCC[C@]1(O)CC[C@H]2[C@]3(C)[C@H](C(=O)OC)CC4=CC(=O)CC[C@]4(C)[C@]34O[C@@H]4C[C@@]21C.O=CO.S.S.S.[K+]. The van der Waals surface area contributed by atoms with E-state index in [2.05, 4.69) is 27.7 Å². The van der Waals surface area contributed by atoms with Gasteiger partial charge in [0.1, 0.15) is 5.60 Å². The maximum Gasteiger partial charge on any atom is 1.00 e. The van der Waals surface area contributed by atoms with Crippen molar-refractivity contribution >= 4 is 58.7 Å². The van der Waals surface area contributed by atoms with Crippen LogP contribution in [-0.2, 0) is 23.9 Å². The molecular formula is C26H44KO7S3+. The third-order valence-electron chi connectivity index (χ3n) is 10.6. The molecule has 3 saturated carbocycles. The van der Waals surface area contributed by atoms with Crippen LogP contribution in [0.15, 0.2) is 11.6 Å². The first-order valence-electron chi connectivity index (χ1n) is 12.3. The van der Waals surface area contributed by atoms with Gasteiger partial charge in [-0.1, -0.05) is 39.7 Å². The number of methoxy groups -OCH3 is 1. The summed E-state index contributed by atoms with van der Waals surface area (Å²) in [7, 11) is 1.46. The molecule has 7 nitrogen and oxygen atoms in total. The molecule has 5 aliphatic rings. The van der Waals surface area contributed by atoms with Gasteiger partial charge in [-0.3, -0.25) is 14.4 Å². The van der Waals surface area contributed by atoms with E-state index < -0.39 is 16.6 Å². The van der Waals surface area contributed by atoms with Gasteiger partial charge in [-0.2, -0.15) is 40.5 Å². The molecule has 0 unspecified atom stereocenters. The molecule has 11 heteroatoms. The Bertz CT molecular complexity index is 919. The summed E-state index contributed by atoms with van der Waals surface area (Å²) in [5.74, 6) is -0.226. The number of fused-ring (bicyclic) bond motifs is 3. The van der Waals surface area contributed by atoms with Crippen molar-refractivity contribution in [1.29, 1.82) is 0 Å². The van der Waals surface area contributed by atoms with Crippen LogP contribution in [0.25, 0.3) is 0 Å². The van der Waals surface area contributed by atoms with Gasteiger partial charge in [-0.15, -0.1) is 0 Å². The van der Waals surface area contributed by atoms with Crippen molar-refractivity contribution in [2.45, 2.75) is 96.4 Å². The van der Waals surface area contributed by atoms with Gasteiger partial charge in [0, 0.05) is 22.7 Å². The molecule has 1 aliphatic heterocycles. The Kier molecular flexibility index (Phi) is 13.2. The van der Waals surface area contributed by atoms with E-state index in [0.717, 1.165) is 44.1 Å². The summed E-state index contributed by atoms with van der Waals surface area (Å²) < 4.78 is 12.0. The first-order chi connectivity index (χ1) is 15.5. The zero-order chi connectivity index (χ0) is 24.4. The zero-order valence-corrected chi connectivity index (χ0v) is 29.1. The molecule has 1 saturated heterocycles. The van der Waals surface area contributed by atoms with E-state index in [1.54, 1.807) is 6.08 Å². The monoisotopic (exact) mass is 603 g/mol. The number of hydrogen-bond acceptors (Lipinski definition) is 6. The van der Waals surface area contributed by atoms with Gasteiger partial charge < -0.3 is 19.7 Å². The maximum absolute atomic E-state index is 13.2. The normalized spacial score (nSPS) is 43.9. The van der Waals surface area contributed by atoms with Crippen LogP contribution in [0.1, 0.15) is 79.1 Å². The predicted octanol–water partition coefficient (Wildman–Crippen LogP) is 1.01. The number of ether oxygens (including phenoxy) is 2. The molecule has 0 aromatic rings. The van der Waals surface area contributed by atoms with Crippen LogP contribution in [-0.4, -0.2) is 52.9 Å². The maximum atomic E-state index is 13.2. The zero-order valence-electron chi connectivity index (χ0n) is 23.0. The van der Waals surface area contributed by atoms with Crippen molar-refractivity contribution in [2.75, 3.05) is 7.11 Å². The van der Waals surface area contributed by atoms with Crippen molar-refractivity contribution in [1.82, 2.24) is 0 Å². The Labute approximate surface area is 284 Å². The summed E-state index contributed by atoms with van der Waals surface area (Å²) in [6, 6.07) is 0. The Morgan fingerprint density at radius 2 is 1.81 bits per heavy atom. The molecule has 0 bridgehead atoms. The van der Waals surface area contributed by atoms with E-state index in [1.807, 2.05) is 0 Å². The molecule has 1 spiro atoms.